The Kier molecular flexibility index (Phi) is 6.37. The molecule has 0 aliphatic carbocycles. The molecule has 1 atom stereocenters. The summed E-state index contributed by atoms with van der Waals surface area (Å²) in [4.78, 5) is 27.4. The minimum Gasteiger partial charge on any atom is -0.465 e. The van der Waals surface area contributed by atoms with Crippen molar-refractivity contribution in [2.45, 2.75) is 33.7 Å². The second-order valence-corrected chi connectivity index (χ2v) is 6.28. The first-order valence-electron chi connectivity index (χ1n) is 8.65. The molecule has 5 heteroatoms. The van der Waals surface area contributed by atoms with E-state index in [4.69, 9.17) is 9.47 Å². The molecule has 0 spiro atoms. The molecule has 0 saturated carbocycles. The summed E-state index contributed by atoms with van der Waals surface area (Å²) in [5, 5.41) is 0. The minimum absolute atomic E-state index is 0.159. The van der Waals surface area contributed by atoms with Gasteiger partial charge in [0.1, 0.15) is 0 Å². The van der Waals surface area contributed by atoms with Gasteiger partial charge in [-0.2, -0.15) is 0 Å². The topological polar surface area (TPSA) is 55.8 Å². The average Bonchev–Trinajstić information content (AvgIpc) is 2.56. The lowest BCUT2D eigenvalue weighted by atomic mass is 9.70. The van der Waals surface area contributed by atoms with Crippen molar-refractivity contribution in [2.24, 2.45) is 11.3 Å². The number of carbonyl (C=O) groups is 2. The molecule has 0 N–H and O–H groups in total. The molecular formula is C19H27NO4. The highest BCUT2D eigenvalue weighted by Gasteiger charge is 2.55. The van der Waals surface area contributed by atoms with Crippen LogP contribution in [0.5, 0.6) is 0 Å². The molecule has 24 heavy (non-hydrogen) atoms. The van der Waals surface area contributed by atoms with Crippen molar-refractivity contribution < 1.29 is 19.1 Å². The van der Waals surface area contributed by atoms with Gasteiger partial charge in [0.05, 0.1) is 13.2 Å². The third-order valence-electron chi connectivity index (χ3n) is 4.72. The van der Waals surface area contributed by atoms with Gasteiger partial charge in [-0.05, 0) is 31.7 Å². The predicted molar refractivity (Wildman–Crippen MR) is 91.2 cm³/mol. The molecular weight excluding hydrogens is 306 g/mol. The Morgan fingerprint density at radius 1 is 1.12 bits per heavy atom. The average molecular weight is 333 g/mol. The zero-order valence-corrected chi connectivity index (χ0v) is 14.8. The van der Waals surface area contributed by atoms with E-state index in [1.165, 1.54) is 5.56 Å². The quantitative estimate of drug-likeness (QED) is 0.592. The molecule has 1 aromatic carbocycles. The van der Waals surface area contributed by atoms with E-state index in [1.807, 2.05) is 25.1 Å². The third kappa shape index (κ3) is 3.78. The lowest BCUT2D eigenvalue weighted by Gasteiger charge is -2.42. The standard InChI is InChI=1S/C19H27NO4/c1-4-23-17(21)19(18(22)24-5-2)11-12-20(13-15(19)3)14-16-9-7-6-8-10-16/h6-10,15H,4-5,11-14H2,1-3H3. The van der Waals surface area contributed by atoms with Crippen LogP contribution in [0.1, 0.15) is 32.8 Å². The maximum Gasteiger partial charge on any atom is 0.323 e. The van der Waals surface area contributed by atoms with Crippen molar-refractivity contribution in [1.29, 1.82) is 0 Å². The number of rotatable bonds is 6. The molecule has 132 valence electrons. The van der Waals surface area contributed by atoms with Gasteiger partial charge in [-0.1, -0.05) is 37.3 Å². The first kappa shape index (κ1) is 18.5. The van der Waals surface area contributed by atoms with Crippen LogP contribution in [0.2, 0.25) is 0 Å². The summed E-state index contributed by atoms with van der Waals surface area (Å²) in [7, 11) is 0. The van der Waals surface area contributed by atoms with Gasteiger partial charge < -0.3 is 9.47 Å². The van der Waals surface area contributed by atoms with Gasteiger partial charge in [0.25, 0.3) is 0 Å². The van der Waals surface area contributed by atoms with Gasteiger partial charge in [-0.25, -0.2) is 0 Å². The molecule has 1 aliphatic heterocycles. The first-order valence-corrected chi connectivity index (χ1v) is 8.65. The van der Waals surface area contributed by atoms with E-state index in [0.717, 1.165) is 6.54 Å². The highest BCUT2D eigenvalue weighted by molar-refractivity contribution is 6.00. The zero-order chi connectivity index (χ0) is 17.6. The van der Waals surface area contributed by atoms with Gasteiger partial charge in [-0.15, -0.1) is 0 Å². The number of esters is 2. The Morgan fingerprint density at radius 3 is 2.21 bits per heavy atom. The molecule has 0 amide bonds. The van der Waals surface area contributed by atoms with Crippen molar-refractivity contribution >= 4 is 11.9 Å². The van der Waals surface area contributed by atoms with Gasteiger partial charge in [0.2, 0.25) is 0 Å². The number of nitrogens with zero attached hydrogens (tertiary/aromatic N) is 1. The van der Waals surface area contributed by atoms with Crippen molar-refractivity contribution in [3.05, 3.63) is 35.9 Å². The molecule has 1 fully saturated rings. The molecule has 0 aromatic heterocycles. The molecule has 1 heterocycles. The van der Waals surface area contributed by atoms with Crippen LogP contribution in [0.25, 0.3) is 0 Å². The lowest BCUT2D eigenvalue weighted by Crippen LogP contribution is -2.55. The Labute approximate surface area is 143 Å². The number of hydrogen-bond donors (Lipinski definition) is 0. The van der Waals surface area contributed by atoms with Gasteiger partial charge in [0.15, 0.2) is 5.41 Å². The van der Waals surface area contributed by atoms with Crippen molar-refractivity contribution in [1.82, 2.24) is 4.90 Å². The minimum atomic E-state index is -1.18. The predicted octanol–water partition coefficient (Wildman–Crippen LogP) is 2.64. The molecule has 1 aliphatic rings. The van der Waals surface area contributed by atoms with Gasteiger partial charge in [-0.3, -0.25) is 14.5 Å². The van der Waals surface area contributed by atoms with Crippen LogP contribution in [0.4, 0.5) is 0 Å². The summed E-state index contributed by atoms with van der Waals surface area (Å²) >= 11 is 0. The molecule has 1 aromatic rings. The molecule has 0 bridgehead atoms. The Hall–Kier alpha value is -1.88. The summed E-state index contributed by atoms with van der Waals surface area (Å²) < 4.78 is 10.4. The lowest BCUT2D eigenvalue weighted by molar-refractivity contribution is -0.181. The monoisotopic (exact) mass is 333 g/mol. The maximum absolute atomic E-state index is 12.6. The van der Waals surface area contributed by atoms with E-state index < -0.39 is 17.4 Å². The molecule has 0 radical (unpaired) electrons. The van der Waals surface area contributed by atoms with Crippen LogP contribution in [-0.4, -0.2) is 43.1 Å². The summed E-state index contributed by atoms with van der Waals surface area (Å²) in [5.74, 6) is -1.06. The van der Waals surface area contributed by atoms with Crippen LogP contribution < -0.4 is 0 Å². The van der Waals surface area contributed by atoms with Crippen LogP contribution >= 0.6 is 0 Å². The number of likely N-dealkylation sites (tertiary alicyclic amines) is 1. The van der Waals surface area contributed by atoms with E-state index in [0.29, 0.717) is 19.5 Å². The molecule has 2 rings (SSSR count). The molecule has 1 unspecified atom stereocenters. The number of carbonyl (C=O) groups excluding carboxylic acids is 2. The highest BCUT2D eigenvalue weighted by atomic mass is 16.6. The van der Waals surface area contributed by atoms with Gasteiger partial charge in [0, 0.05) is 19.6 Å². The fourth-order valence-corrected chi connectivity index (χ4v) is 3.41. The molecule has 5 nitrogen and oxygen atoms in total. The Balaban J connectivity index is 2.14. The highest BCUT2D eigenvalue weighted by Crippen LogP contribution is 2.39. The first-order chi connectivity index (χ1) is 11.5. The van der Waals surface area contributed by atoms with E-state index in [9.17, 15) is 9.59 Å². The van der Waals surface area contributed by atoms with E-state index >= 15 is 0 Å². The van der Waals surface area contributed by atoms with Crippen LogP contribution in [0, 0.1) is 11.3 Å². The van der Waals surface area contributed by atoms with Crippen LogP contribution in [-0.2, 0) is 25.6 Å². The Bertz CT molecular complexity index is 540. The summed E-state index contributed by atoms with van der Waals surface area (Å²) in [6, 6.07) is 10.2. The van der Waals surface area contributed by atoms with E-state index in [1.54, 1.807) is 13.8 Å². The zero-order valence-electron chi connectivity index (χ0n) is 14.8. The van der Waals surface area contributed by atoms with Crippen molar-refractivity contribution in [3.8, 4) is 0 Å². The number of piperidine rings is 1. The fraction of sp³-hybridized carbons (Fsp3) is 0.579. The normalized spacial score (nSPS) is 20.4. The summed E-state index contributed by atoms with van der Waals surface area (Å²) in [6.45, 7) is 8.11. The fourth-order valence-electron chi connectivity index (χ4n) is 3.41. The van der Waals surface area contributed by atoms with Gasteiger partial charge >= 0.3 is 11.9 Å². The SMILES string of the molecule is CCOC(=O)C1(C(=O)OCC)CCN(Cc2ccccc2)CC1C. The van der Waals surface area contributed by atoms with E-state index in [-0.39, 0.29) is 19.1 Å². The number of ether oxygens (including phenoxy) is 2. The van der Waals surface area contributed by atoms with Crippen molar-refractivity contribution in [3.63, 3.8) is 0 Å². The number of hydrogen-bond acceptors (Lipinski definition) is 5. The van der Waals surface area contributed by atoms with Crippen molar-refractivity contribution in [2.75, 3.05) is 26.3 Å². The summed E-state index contributed by atoms with van der Waals surface area (Å²) in [5.41, 5.74) is 0.0450. The van der Waals surface area contributed by atoms with E-state index in [2.05, 4.69) is 17.0 Å². The van der Waals surface area contributed by atoms with Crippen LogP contribution in [0.15, 0.2) is 30.3 Å². The Morgan fingerprint density at radius 2 is 1.71 bits per heavy atom. The number of benzene rings is 1. The second kappa shape index (κ2) is 8.29. The maximum atomic E-state index is 12.6. The largest absolute Gasteiger partial charge is 0.465 e. The third-order valence-corrected chi connectivity index (χ3v) is 4.72. The smallest absolute Gasteiger partial charge is 0.323 e. The molecule has 1 saturated heterocycles. The summed E-state index contributed by atoms with van der Waals surface area (Å²) in [6.07, 6.45) is 0.429. The second-order valence-electron chi connectivity index (χ2n) is 6.28. The van der Waals surface area contributed by atoms with Crippen LogP contribution in [0.3, 0.4) is 0 Å².